The van der Waals surface area contributed by atoms with Gasteiger partial charge in [0.15, 0.2) is 0 Å². The lowest BCUT2D eigenvalue weighted by molar-refractivity contribution is -0.114. The zero-order chi connectivity index (χ0) is 24.1. The maximum atomic E-state index is 11.3. The van der Waals surface area contributed by atoms with Gasteiger partial charge in [-0.25, -0.2) is 9.97 Å². The molecule has 0 saturated carbocycles. The van der Waals surface area contributed by atoms with Crippen molar-refractivity contribution in [2.45, 2.75) is 18.7 Å². The van der Waals surface area contributed by atoms with Gasteiger partial charge in [0, 0.05) is 37.8 Å². The summed E-state index contributed by atoms with van der Waals surface area (Å²) >= 11 is 4.74. The van der Waals surface area contributed by atoms with Crippen LogP contribution in [0.1, 0.15) is 34.9 Å². The van der Waals surface area contributed by atoms with Crippen LogP contribution in [0.15, 0.2) is 42.5 Å². The Hall–Kier alpha value is -3.52. The Morgan fingerprint density at radius 1 is 1.21 bits per heavy atom. The maximum Gasteiger partial charge on any atom is 0.221 e. The molecule has 34 heavy (non-hydrogen) atoms. The molecule has 10 heteroatoms. The van der Waals surface area contributed by atoms with Crippen LogP contribution in [0.25, 0.3) is 11.3 Å². The molecule has 3 aromatic rings. The van der Waals surface area contributed by atoms with E-state index in [-0.39, 0.29) is 17.3 Å². The van der Waals surface area contributed by atoms with Crippen molar-refractivity contribution in [3.8, 4) is 17.3 Å². The van der Waals surface area contributed by atoms with E-state index < -0.39 is 5.25 Å². The number of ether oxygens (including phenoxy) is 1. The topological polar surface area (TPSA) is 130 Å². The molecule has 174 valence electrons. The second kappa shape index (κ2) is 10.6. The van der Waals surface area contributed by atoms with E-state index in [4.69, 9.17) is 28.1 Å². The van der Waals surface area contributed by atoms with Gasteiger partial charge in [0.05, 0.1) is 30.3 Å². The summed E-state index contributed by atoms with van der Waals surface area (Å²) in [4.78, 5) is 27.4. The van der Waals surface area contributed by atoms with E-state index in [1.807, 2.05) is 18.2 Å². The van der Waals surface area contributed by atoms with E-state index in [0.717, 1.165) is 38.5 Å². The SMILES string of the molecule is CC(=O)Nc1ccc(-c2nc(C(S)c3cccc(CN4CCOCC4)n3)nc(N)c2C#N)cc1. The molecule has 1 fully saturated rings. The standard InChI is InChI=1S/C24H25N7O2S/c1-15(32)27-17-7-5-16(6-8-17)21-19(13-25)23(26)30-24(29-21)22(34)20-4-2-3-18(28-20)14-31-9-11-33-12-10-31/h2-8,22,34H,9-12,14H2,1H3,(H,27,32)(H2,26,29,30). The van der Waals surface area contributed by atoms with Gasteiger partial charge in [-0.1, -0.05) is 18.2 Å². The third-order valence-corrected chi connectivity index (χ3v) is 5.88. The highest BCUT2D eigenvalue weighted by Crippen LogP contribution is 2.31. The second-order valence-corrected chi connectivity index (χ2v) is 8.42. The quantitative estimate of drug-likeness (QED) is 0.464. The van der Waals surface area contributed by atoms with Crippen LogP contribution in [0.5, 0.6) is 0 Å². The fourth-order valence-corrected chi connectivity index (χ4v) is 3.97. The van der Waals surface area contributed by atoms with Crippen LogP contribution in [-0.2, 0) is 16.1 Å². The predicted molar refractivity (Wildman–Crippen MR) is 132 cm³/mol. The Kier molecular flexibility index (Phi) is 7.37. The number of thiol groups is 1. The summed E-state index contributed by atoms with van der Waals surface area (Å²) < 4.78 is 5.41. The molecule has 1 unspecified atom stereocenters. The van der Waals surface area contributed by atoms with Crippen molar-refractivity contribution in [2.24, 2.45) is 0 Å². The first-order valence-electron chi connectivity index (χ1n) is 10.8. The minimum atomic E-state index is -0.530. The normalized spacial score (nSPS) is 14.9. The van der Waals surface area contributed by atoms with Crippen molar-refractivity contribution in [1.29, 1.82) is 5.26 Å². The number of nitriles is 1. The second-order valence-electron chi connectivity index (χ2n) is 7.91. The molecule has 3 heterocycles. The molecule has 2 aromatic heterocycles. The number of hydrogen-bond acceptors (Lipinski definition) is 9. The number of pyridine rings is 1. The summed E-state index contributed by atoms with van der Waals surface area (Å²) in [6.45, 7) is 5.35. The number of nitrogens with two attached hydrogens (primary N) is 1. The van der Waals surface area contributed by atoms with Crippen molar-refractivity contribution in [3.63, 3.8) is 0 Å². The number of benzene rings is 1. The van der Waals surface area contributed by atoms with Crippen LogP contribution in [0.3, 0.4) is 0 Å². The third-order valence-electron chi connectivity index (χ3n) is 5.39. The molecule has 0 spiro atoms. The van der Waals surface area contributed by atoms with Crippen LogP contribution in [-0.4, -0.2) is 52.1 Å². The fourth-order valence-electron chi connectivity index (χ4n) is 3.71. The van der Waals surface area contributed by atoms with E-state index in [1.54, 1.807) is 24.3 Å². The Bertz CT molecular complexity index is 1220. The van der Waals surface area contributed by atoms with Crippen LogP contribution in [0, 0.1) is 11.3 Å². The monoisotopic (exact) mass is 475 g/mol. The Morgan fingerprint density at radius 2 is 1.94 bits per heavy atom. The first-order valence-corrected chi connectivity index (χ1v) is 11.4. The van der Waals surface area contributed by atoms with Crippen molar-refractivity contribution in [2.75, 3.05) is 37.4 Å². The molecule has 1 saturated heterocycles. The molecule has 4 rings (SSSR count). The number of carbonyl (C=O) groups excluding carboxylic acids is 1. The lowest BCUT2D eigenvalue weighted by Gasteiger charge is -2.26. The number of rotatable bonds is 6. The highest BCUT2D eigenvalue weighted by molar-refractivity contribution is 7.80. The van der Waals surface area contributed by atoms with Crippen molar-refractivity contribution in [1.82, 2.24) is 19.9 Å². The van der Waals surface area contributed by atoms with Crippen molar-refractivity contribution < 1.29 is 9.53 Å². The number of nitrogens with zero attached hydrogens (tertiary/aromatic N) is 5. The van der Waals surface area contributed by atoms with Crippen LogP contribution in [0.2, 0.25) is 0 Å². The predicted octanol–water partition coefficient (Wildman–Crippen LogP) is 2.80. The highest BCUT2D eigenvalue weighted by atomic mass is 32.1. The van der Waals surface area contributed by atoms with Crippen LogP contribution < -0.4 is 11.1 Å². The summed E-state index contributed by atoms with van der Waals surface area (Å²) in [5.41, 5.74) is 9.67. The zero-order valence-corrected chi connectivity index (χ0v) is 19.6. The molecule has 1 aliphatic heterocycles. The smallest absolute Gasteiger partial charge is 0.221 e. The van der Waals surface area contributed by atoms with Gasteiger partial charge in [-0.05, 0) is 24.3 Å². The van der Waals surface area contributed by atoms with Crippen molar-refractivity contribution >= 4 is 30.0 Å². The highest BCUT2D eigenvalue weighted by Gasteiger charge is 2.21. The van der Waals surface area contributed by atoms with E-state index >= 15 is 0 Å². The van der Waals surface area contributed by atoms with Gasteiger partial charge in [0.25, 0.3) is 0 Å². The number of nitrogens with one attached hydrogen (secondary N) is 1. The summed E-state index contributed by atoms with van der Waals surface area (Å²) in [5.74, 6) is 0.272. The molecule has 3 N–H and O–H groups in total. The van der Waals surface area contributed by atoms with E-state index in [2.05, 4.69) is 26.3 Å². The van der Waals surface area contributed by atoms with Gasteiger partial charge >= 0.3 is 0 Å². The van der Waals surface area contributed by atoms with E-state index in [0.29, 0.717) is 28.5 Å². The minimum Gasteiger partial charge on any atom is -0.382 e. The minimum absolute atomic E-state index is 0.0805. The number of nitrogen functional groups attached to an aromatic ring is 1. The first kappa shape index (κ1) is 23.6. The molecule has 9 nitrogen and oxygen atoms in total. The summed E-state index contributed by atoms with van der Waals surface area (Å²) in [6.07, 6.45) is 0. The summed E-state index contributed by atoms with van der Waals surface area (Å²) in [5, 5.41) is 11.8. The zero-order valence-electron chi connectivity index (χ0n) is 18.7. The molecule has 1 atom stereocenters. The Labute approximate surface area is 203 Å². The van der Waals surface area contributed by atoms with Gasteiger partial charge in [-0.2, -0.15) is 17.9 Å². The van der Waals surface area contributed by atoms with E-state index in [9.17, 15) is 10.1 Å². The largest absolute Gasteiger partial charge is 0.382 e. The molecule has 1 aromatic carbocycles. The average Bonchev–Trinajstić information content (AvgIpc) is 2.84. The first-order chi connectivity index (χ1) is 16.4. The van der Waals surface area contributed by atoms with Gasteiger partial charge in [-0.3, -0.25) is 14.7 Å². The average molecular weight is 476 g/mol. The molecule has 0 bridgehead atoms. The number of hydrogen-bond donors (Lipinski definition) is 3. The number of morpholine rings is 1. The number of carbonyl (C=O) groups is 1. The maximum absolute atomic E-state index is 11.3. The Balaban J connectivity index is 1.63. The molecule has 0 aliphatic carbocycles. The Morgan fingerprint density at radius 3 is 2.62 bits per heavy atom. The third kappa shape index (κ3) is 5.51. The summed E-state index contributed by atoms with van der Waals surface area (Å²) in [6, 6.07) is 14.9. The molecular weight excluding hydrogens is 450 g/mol. The van der Waals surface area contributed by atoms with Gasteiger partial charge in [0.2, 0.25) is 5.91 Å². The van der Waals surface area contributed by atoms with Gasteiger partial charge in [0.1, 0.15) is 28.5 Å². The molecular formula is C24H25N7O2S. The lowest BCUT2D eigenvalue weighted by atomic mass is 10.1. The van der Waals surface area contributed by atoms with Crippen LogP contribution in [0.4, 0.5) is 11.5 Å². The van der Waals surface area contributed by atoms with Crippen LogP contribution >= 0.6 is 12.6 Å². The fraction of sp³-hybridized carbons (Fsp3) is 0.292. The lowest BCUT2D eigenvalue weighted by Crippen LogP contribution is -2.35. The number of aromatic nitrogens is 3. The van der Waals surface area contributed by atoms with Crippen molar-refractivity contribution in [3.05, 3.63) is 65.2 Å². The number of amides is 1. The summed E-state index contributed by atoms with van der Waals surface area (Å²) in [7, 11) is 0. The molecule has 1 amide bonds. The molecule has 1 aliphatic rings. The van der Waals surface area contributed by atoms with Gasteiger partial charge < -0.3 is 15.8 Å². The van der Waals surface area contributed by atoms with Gasteiger partial charge in [-0.15, -0.1) is 0 Å². The van der Waals surface area contributed by atoms with E-state index in [1.165, 1.54) is 6.92 Å². The number of anilines is 2. The molecule has 0 radical (unpaired) electrons.